The van der Waals surface area contributed by atoms with Gasteiger partial charge in [-0.2, -0.15) is 0 Å². The second kappa shape index (κ2) is 4.35. The van der Waals surface area contributed by atoms with Gasteiger partial charge in [-0.15, -0.1) is 0 Å². The van der Waals surface area contributed by atoms with Crippen molar-refractivity contribution in [1.82, 2.24) is 15.0 Å². The molecule has 0 bridgehead atoms. The maximum Gasteiger partial charge on any atom is 0.143 e. The second-order valence-electron chi connectivity index (χ2n) is 4.47. The molecule has 2 aromatic heterocycles. The van der Waals surface area contributed by atoms with E-state index in [1.54, 1.807) is 12.1 Å². The van der Waals surface area contributed by atoms with Crippen molar-refractivity contribution in [3.63, 3.8) is 0 Å². The molecular formula is C14H13FN4. The Morgan fingerprint density at radius 1 is 1.11 bits per heavy atom. The lowest BCUT2D eigenvalue weighted by atomic mass is 10.3. The molecule has 19 heavy (non-hydrogen) atoms. The van der Waals surface area contributed by atoms with Crippen molar-refractivity contribution in [2.45, 2.75) is 13.8 Å². The molecule has 0 fully saturated rings. The number of rotatable bonds is 2. The largest absolute Gasteiger partial charge is 0.343 e. The van der Waals surface area contributed by atoms with Gasteiger partial charge >= 0.3 is 0 Å². The lowest BCUT2D eigenvalue weighted by Gasteiger charge is -2.07. The number of hydrogen-bond donors (Lipinski definition) is 2. The first kappa shape index (κ1) is 11.6. The summed E-state index contributed by atoms with van der Waals surface area (Å²) in [5, 5.41) is 4.11. The van der Waals surface area contributed by atoms with E-state index < -0.39 is 0 Å². The van der Waals surface area contributed by atoms with Gasteiger partial charge in [-0.1, -0.05) is 0 Å². The first-order valence-electron chi connectivity index (χ1n) is 5.98. The summed E-state index contributed by atoms with van der Waals surface area (Å²) in [7, 11) is 0. The van der Waals surface area contributed by atoms with Crippen molar-refractivity contribution in [3.05, 3.63) is 47.7 Å². The van der Waals surface area contributed by atoms with Gasteiger partial charge < -0.3 is 10.3 Å². The molecule has 1 aromatic carbocycles. The predicted molar refractivity (Wildman–Crippen MR) is 73.0 cm³/mol. The minimum Gasteiger partial charge on any atom is -0.343 e. The zero-order valence-electron chi connectivity index (χ0n) is 10.7. The molecule has 96 valence electrons. The molecule has 0 amide bonds. The maximum atomic E-state index is 12.9. The average molecular weight is 256 g/mol. The molecule has 0 spiro atoms. The number of hydrogen-bond acceptors (Lipinski definition) is 3. The fourth-order valence-electron chi connectivity index (χ4n) is 2.02. The van der Waals surface area contributed by atoms with E-state index in [4.69, 9.17) is 0 Å². The summed E-state index contributed by atoms with van der Waals surface area (Å²) in [6.45, 7) is 3.81. The number of benzene rings is 1. The molecule has 0 saturated carbocycles. The van der Waals surface area contributed by atoms with Gasteiger partial charge in [0.05, 0.1) is 5.39 Å². The van der Waals surface area contributed by atoms with Crippen LogP contribution in [0, 0.1) is 19.7 Å². The number of nitrogens with zero attached hydrogens (tertiary/aromatic N) is 2. The number of nitrogens with one attached hydrogen (secondary N) is 2. The fourth-order valence-corrected chi connectivity index (χ4v) is 2.02. The van der Waals surface area contributed by atoms with Gasteiger partial charge in [-0.05, 0) is 44.2 Å². The number of aromatic nitrogens is 3. The lowest BCUT2D eigenvalue weighted by molar-refractivity contribution is 0.628. The van der Waals surface area contributed by atoms with Crippen LogP contribution in [0.1, 0.15) is 11.5 Å². The van der Waals surface area contributed by atoms with Gasteiger partial charge in [-0.3, -0.25) is 0 Å². The Kier molecular flexibility index (Phi) is 2.67. The van der Waals surface area contributed by atoms with E-state index in [0.717, 1.165) is 28.2 Å². The van der Waals surface area contributed by atoms with E-state index in [0.29, 0.717) is 5.82 Å². The first-order chi connectivity index (χ1) is 9.11. The van der Waals surface area contributed by atoms with Gasteiger partial charge in [0.25, 0.3) is 0 Å². The Hall–Kier alpha value is -2.43. The van der Waals surface area contributed by atoms with Crippen molar-refractivity contribution >= 4 is 22.5 Å². The maximum absolute atomic E-state index is 12.9. The third kappa shape index (κ3) is 2.27. The molecule has 0 radical (unpaired) electrons. The Bertz CT molecular complexity index is 731. The molecule has 3 rings (SSSR count). The van der Waals surface area contributed by atoms with E-state index >= 15 is 0 Å². The van der Waals surface area contributed by atoms with E-state index in [2.05, 4.69) is 20.3 Å². The molecule has 2 heterocycles. The Balaban J connectivity index is 2.06. The number of fused-ring (bicyclic) bond motifs is 1. The average Bonchev–Trinajstić information content (AvgIpc) is 2.72. The van der Waals surface area contributed by atoms with Crippen LogP contribution in [-0.2, 0) is 0 Å². The van der Waals surface area contributed by atoms with Crippen LogP contribution in [-0.4, -0.2) is 15.0 Å². The highest BCUT2D eigenvalue weighted by Crippen LogP contribution is 2.24. The molecule has 0 aliphatic rings. The van der Waals surface area contributed by atoms with E-state index in [1.165, 1.54) is 12.1 Å². The second-order valence-corrected chi connectivity index (χ2v) is 4.47. The Morgan fingerprint density at radius 3 is 2.58 bits per heavy atom. The summed E-state index contributed by atoms with van der Waals surface area (Å²) in [4.78, 5) is 11.9. The number of H-pyrrole nitrogens is 1. The van der Waals surface area contributed by atoms with Crippen LogP contribution >= 0.6 is 0 Å². The summed E-state index contributed by atoms with van der Waals surface area (Å²) in [5.41, 5.74) is 2.62. The van der Waals surface area contributed by atoms with Crippen LogP contribution in [0.2, 0.25) is 0 Å². The monoisotopic (exact) mass is 256 g/mol. The van der Waals surface area contributed by atoms with Crippen LogP contribution in [0.15, 0.2) is 30.3 Å². The van der Waals surface area contributed by atoms with Crippen LogP contribution in [0.4, 0.5) is 15.9 Å². The standard InChI is InChI=1S/C14H13FN4/c1-8-7-12-13(16-8)17-9(2)18-14(12)19-11-5-3-10(15)4-6-11/h3-7H,1-2H3,(H2,16,17,18,19). The zero-order chi connectivity index (χ0) is 13.4. The number of halogens is 1. The highest BCUT2D eigenvalue weighted by molar-refractivity contribution is 5.89. The van der Waals surface area contributed by atoms with Crippen LogP contribution in [0.25, 0.3) is 11.0 Å². The molecule has 0 unspecified atom stereocenters. The molecule has 0 aliphatic carbocycles. The Morgan fingerprint density at radius 2 is 1.84 bits per heavy atom. The lowest BCUT2D eigenvalue weighted by Crippen LogP contribution is -1.98. The summed E-state index contributed by atoms with van der Waals surface area (Å²) < 4.78 is 12.9. The third-order valence-corrected chi connectivity index (χ3v) is 2.84. The minimum absolute atomic E-state index is 0.257. The molecular weight excluding hydrogens is 243 g/mol. The molecule has 0 atom stereocenters. The van der Waals surface area contributed by atoms with Gasteiger partial charge in [0.1, 0.15) is 23.1 Å². The normalized spacial score (nSPS) is 10.9. The number of aromatic amines is 1. The van der Waals surface area contributed by atoms with Gasteiger partial charge in [-0.25, -0.2) is 14.4 Å². The quantitative estimate of drug-likeness (QED) is 0.738. The summed E-state index contributed by atoms with van der Waals surface area (Å²) in [5.74, 6) is 1.14. The van der Waals surface area contributed by atoms with Crippen LogP contribution in [0.3, 0.4) is 0 Å². The van der Waals surface area contributed by atoms with E-state index in [1.807, 2.05) is 19.9 Å². The highest BCUT2D eigenvalue weighted by Gasteiger charge is 2.08. The van der Waals surface area contributed by atoms with Crippen molar-refractivity contribution < 1.29 is 4.39 Å². The van der Waals surface area contributed by atoms with Gasteiger partial charge in [0.15, 0.2) is 0 Å². The first-order valence-corrected chi connectivity index (χ1v) is 5.98. The van der Waals surface area contributed by atoms with Gasteiger partial charge in [0, 0.05) is 11.4 Å². The molecule has 2 N–H and O–H groups in total. The molecule has 0 aliphatic heterocycles. The Labute approximate surface area is 109 Å². The van der Waals surface area contributed by atoms with Crippen molar-refractivity contribution in [2.75, 3.05) is 5.32 Å². The number of anilines is 2. The minimum atomic E-state index is -0.257. The van der Waals surface area contributed by atoms with Crippen molar-refractivity contribution in [1.29, 1.82) is 0 Å². The fraction of sp³-hybridized carbons (Fsp3) is 0.143. The van der Waals surface area contributed by atoms with Crippen molar-refractivity contribution in [2.24, 2.45) is 0 Å². The summed E-state index contributed by atoms with van der Waals surface area (Å²) >= 11 is 0. The topological polar surface area (TPSA) is 53.6 Å². The third-order valence-electron chi connectivity index (χ3n) is 2.84. The van der Waals surface area contributed by atoms with Crippen LogP contribution < -0.4 is 5.32 Å². The van der Waals surface area contributed by atoms with Crippen LogP contribution in [0.5, 0.6) is 0 Å². The molecule has 0 saturated heterocycles. The molecule has 4 nitrogen and oxygen atoms in total. The van der Waals surface area contributed by atoms with Gasteiger partial charge in [0.2, 0.25) is 0 Å². The molecule has 5 heteroatoms. The predicted octanol–water partition coefficient (Wildman–Crippen LogP) is 3.46. The molecule has 3 aromatic rings. The smallest absolute Gasteiger partial charge is 0.143 e. The zero-order valence-corrected chi connectivity index (χ0v) is 10.7. The van der Waals surface area contributed by atoms with E-state index in [-0.39, 0.29) is 5.82 Å². The SMILES string of the molecule is Cc1nc(Nc2ccc(F)cc2)c2cc(C)[nH]c2n1. The van der Waals surface area contributed by atoms with Crippen molar-refractivity contribution in [3.8, 4) is 0 Å². The number of aryl methyl sites for hydroxylation is 2. The highest BCUT2D eigenvalue weighted by atomic mass is 19.1. The summed E-state index contributed by atoms with van der Waals surface area (Å²) in [6.07, 6.45) is 0. The summed E-state index contributed by atoms with van der Waals surface area (Å²) in [6, 6.07) is 8.17. The van der Waals surface area contributed by atoms with E-state index in [9.17, 15) is 4.39 Å².